The standard InChI is InChI=1S/C11H9ClN2OS/c12-9-4-2-1-3-7(9)5-8-6-14-11(16-8)10(13)15/h1-4,6H,5H2,(H2,13,15). The molecule has 0 radical (unpaired) electrons. The summed E-state index contributed by atoms with van der Waals surface area (Å²) in [6.45, 7) is 0. The summed E-state index contributed by atoms with van der Waals surface area (Å²) in [4.78, 5) is 15.8. The molecule has 1 aromatic carbocycles. The lowest BCUT2D eigenvalue weighted by Crippen LogP contribution is -2.09. The molecule has 1 aromatic heterocycles. The van der Waals surface area contributed by atoms with E-state index >= 15 is 0 Å². The van der Waals surface area contributed by atoms with Gasteiger partial charge in [-0.15, -0.1) is 11.3 Å². The van der Waals surface area contributed by atoms with Crippen molar-refractivity contribution < 1.29 is 4.79 Å². The molecule has 0 spiro atoms. The predicted molar refractivity (Wildman–Crippen MR) is 64.9 cm³/mol. The van der Waals surface area contributed by atoms with Crippen LogP contribution >= 0.6 is 22.9 Å². The van der Waals surface area contributed by atoms with E-state index in [2.05, 4.69) is 4.98 Å². The van der Waals surface area contributed by atoms with Gasteiger partial charge in [-0.05, 0) is 11.6 Å². The Kier molecular flexibility index (Phi) is 3.22. The van der Waals surface area contributed by atoms with Crippen LogP contribution in [0.2, 0.25) is 5.02 Å². The van der Waals surface area contributed by atoms with E-state index in [0.717, 1.165) is 15.5 Å². The fraction of sp³-hybridized carbons (Fsp3) is 0.0909. The molecule has 0 bridgehead atoms. The van der Waals surface area contributed by atoms with Crippen LogP contribution in [0.1, 0.15) is 20.2 Å². The van der Waals surface area contributed by atoms with E-state index in [1.165, 1.54) is 11.3 Å². The van der Waals surface area contributed by atoms with Crippen molar-refractivity contribution in [3.63, 3.8) is 0 Å². The van der Waals surface area contributed by atoms with Gasteiger partial charge in [0.2, 0.25) is 0 Å². The van der Waals surface area contributed by atoms with Gasteiger partial charge in [-0.2, -0.15) is 0 Å². The van der Waals surface area contributed by atoms with Gasteiger partial charge >= 0.3 is 0 Å². The second-order valence-corrected chi connectivity index (χ2v) is 4.79. The number of carbonyl (C=O) groups excluding carboxylic acids is 1. The molecule has 0 unspecified atom stereocenters. The molecule has 3 nitrogen and oxygen atoms in total. The van der Waals surface area contributed by atoms with Crippen molar-refractivity contribution in [1.82, 2.24) is 4.98 Å². The summed E-state index contributed by atoms with van der Waals surface area (Å²) in [7, 11) is 0. The number of nitrogens with zero attached hydrogens (tertiary/aromatic N) is 1. The number of nitrogens with two attached hydrogens (primary N) is 1. The van der Waals surface area contributed by atoms with Crippen LogP contribution in [-0.4, -0.2) is 10.9 Å². The first-order chi connectivity index (χ1) is 7.66. The van der Waals surface area contributed by atoms with E-state index in [9.17, 15) is 4.79 Å². The van der Waals surface area contributed by atoms with Crippen LogP contribution in [-0.2, 0) is 6.42 Å². The van der Waals surface area contributed by atoms with Crippen LogP contribution in [0.4, 0.5) is 0 Å². The fourth-order valence-electron chi connectivity index (χ4n) is 1.33. The average molecular weight is 253 g/mol. The average Bonchev–Trinajstić information content (AvgIpc) is 2.70. The van der Waals surface area contributed by atoms with Crippen LogP contribution < -0.4 is 5.73 Å². The zero-order valence-electron chi connectivity index (χ0n) is 8.31. The zero-order valence-corrected chi connectivity index (χ0v) is 9.89. The molecule has 2 rings (SSSR count). The highest BCUT2D eigenvalue weighted by molar-refractivity contribution is 7.13. The van der Waals surface area contributed by atoms with E-state index in [1.807, 2.05) is 24.3 Å². The van der Waals surface area contributed by atoms with Crippen LogP contribution in [0.25, 0.3) is 0 Å². The molecule has 0 aliphatic heterocycles. The van der Waals surface area contributed by atoms with Crippen molar-refractivity contribution in [2.24, 2.45) is 5.73 Å². The van der Waals surface area contributed by atoms with Crippen molar-refractivity contribution in [3.05, 3.63) is 50.9 Å². The van der Waals surface area contributed by atoms with Crippen LogP contribution in [0.3, 0.4) is 0 Å². The molecule has 2 N–H and O–H groups in total. The molecule has 16 heavy (non-hydrogen) atoms. The van der Waals surface area contributed by atoms with Gasteiger partial charge in [0.15, 0.2) is 5.01 Å². The molecule has 0 saturated heterocycles. The number of benzene rings is 1. The largest absolute Gasteiger partial charge is 0.364 e. The molecule has 0 saturated carbocycles. The SMILES string of the molecule is NC(=O)c1ncc(Cc2ccccc2Cl)s1. The van der Waals surface area contributed by atoms with Gasteiger partial charge in [-0.1, -0.05) is 29.8 Å². The number of carbonyl (C=O) groups is 1. The first-order valence-electron chi connectivity index (χ1n) is 4.64. The summed E-state index contributed by atoms with van der Waals surface area (Å²) in [5, 5.41) is 1.05. The first-order valence-corrected chi connectivity index (χ1v) is 5.84. The number of hydrogen-bond donors (Lipinski definition) is 1. The highest BCUT2D eigenvalue weighted by atomic mass is 35.5. The van der Waals surface area contributed by atoms with Gasteiger partial charge < -0.3 is 5.73 Å². The number of thiazole rings is 1. The predicted octanol–water partition coefficient (Wildman–Crippen LogP) is 2.49. The lowest BCUT2D eigenvalue weighted by Gasteiger charge is -2.00. The quantitative estimate of drug-likeness (QED) is 0.913. The molecule has 0 atom stereocenters. The van der Waals surface area contributed by atoms with Gasteiger partial charge in [0.25, 0.3) is 5.91 Å². The normalized spacial score (nSPS) is 10.3. The summed E-state index contributed by atoms with van der Waals surface area (Å²) in [6, 6.07) is 7.60. The first kappa shape index (κ1) is 11.1. The topological polar surface area (TPSA) is 56.0 Å². The van der Waals surface area contributed by atoms with E-state index in [-0.39, 0.29) is 0 Å². The third-order valence-corrected chi connectivity index (χ3v) is 3.47. The summed E-state index contributed by atoms with van der Waals surface area (Å²) >= 11 is 7.34. The van der Waals surface area contributed by atoms with Gasteiger partial charge in [-0.25, -0.2) is 4.98 Å². The van der Waals surface area contributed by atoms with Gasteiger partial charge in [0.1, 0.15) is 0 Å². The number of halogens is 1. The molecular formula is C11H9ClN2OS. The van der Waals surface area contributed by atoms with Crippen molar-refractivity contribution in [2.75, 3.05) is 0 Å². The number of aromatic nitrogens is 1. The van der Waals surface area contributed by atoms with Crippen LogP contribution in [0.5, 0.6) is 0 Å². The molecule has 0 aliphatic rings. The van der Waals surface area contributed by atoms with Crippen molar-refractivity contribution >= 4 is 28.8 Å². The summed E-state index contributed by atoms with van der Waals surface area (Å²) in [6.07, 6.45) is 2.33. The Hall–Kier alpha value is -1.39. The maximum absolute atomic E-state index is 10.9. The second kappa shape index (κ2) is 4.63. The van der Waals surface area contributed by atoms with Crippen LogP contribution in [0.15, 0.2) is 30.5 Å². The summed E-state index contributed by atoms with van der Waals surface area (Å²) < 4.78 is 0. The molecule has 0 fully saturated rings. The molecule has 5 heteroatoms. The van der Waals surface area contributed by atoms with Crippen molar-refractivity contribution in [1.29, 1.82) is 0 Å². The zero-order chi connectivity index (χ0) is 11.5. The highest BCUT2D eigenvalue weighted by Gasteiger charge is 2.08. The Balaban J connectivity index is 2.21. The molecular weight excluding hydrogens is 244 g/mol. The van der Waals surface area contributed by atoms with Crippen molar-refractivity contribution in [2.45, 2.75) is 6.42 Å². The number of amides is 1. The molecule has 1 heterocycles. The summed E-state index contributed by atoms with van der Waals surface area (Å²) in [5.74, 6) is -0.490. The van der Waals surface area contributed by atoms with Gasteiger partial charge in [0.05, 0.1) is 0 Å². The Morgan fingerprint density at radius 3 is 2.81 bits per heavy atom. The smallest absolute Gasteiger partial charge is 0.277 e. The van der Waals surface area contributed by atoms with E-state index in [1.54, 1.807) is 6.20 Å². The fourth-order valence-corrected chi connectivity index (χ4v) is 2.32. The van der Waals surface area contributed by atoms with E-state index < -0.39 is 5.91 Å². The maximum Gasteiger partial charge on any atom is 0.277 e. The Bertz CT molecular complexity index is 524. The third-order valence-electron chi connectivity index (χ3n) is 2.09. The van der Waals surface area contributed by atoms with Crippen LogP contribution in [0, 0.1) is 0 Å². The minimum Gasteiger partial charge on any atom is -0.364 e. The second-order valence-electron chi connectivity index (χ2n) is 3.26. The molecule has 1 amide bonds. The number of primary amides is 1. The lowest BCUT2D eigenvalue weighted by molar-refractivity contribution is 0.1000. The third kappa shape index (κ3) is 2.40. The molecule has 0 aliphatic carbocycles. The highest BCUT2D eigenvalue weighted by Crippen LogP contribution is 2.22. The molecule has 2 aromatic rings. The van der Waals surface area contributed by atoms with E-state index in [0.29, 0.717) is 11.4 Å². The lowest BCUT2D eigenvalue weighted by atomic mass is 10.1. The minimum atomic E-state index is -0.490. The monoisotopic (exact) mass is 252 g/mol. The maximum atomic E-state index is 10.9. The minimum absolute atomic E-state index is 0.335. The van der Waals surface area contributed by atoms with Gasteiger partial charge in [0, 0.05) is 22.5 Å². The Morgan fingerprint density at radius 1 is 1.44 bits per heavy atom. The Morgan fingerprint density at radius 2 is 2.19 bits per heavy atom. The number of hydrogen-bond acceptors (Lipinski definition) is 3. The van der Waals surface area contributed by atoms with Gasteiger partial charge in [-0.3, -0.25) is 4.79 Å². The number of rotatable bonds is 3. The molecule has 82 valence electrons. The van der Waals surface area contributed by atoms with E-state index in [4.69, 9.17) is 17.3 Å². The Labute approximate surface area is 102 Å². The van der Waals surface area contributed by atoms with Crippen molar-refractivity contribution in [3.8, 4) is 0 Å². The summed E-state index contributed by atoms with van der Waals surface area (Å²) in [5.41, 5.74) is 6.15.